The highest BCUT2D eigenvalue weighted by atomic mass is 16.5. The number of rotatable bonds is 4. The van der Waals surface area contributed by atoms with Gasteiger partial charge in [0.25, 0.3) is 5.89 Å². The summed E-state index contributed by atoms with van der Waals surface area (Å²) in [7, 11) is 0. The quantitative estimate of drug-likeness (QED) is 0.661. The molecule has 1 fully saturated rings. The van der Waals surface area contributed by atoms with E-state index in [0.717, 1.165) is 18.5 Å². The van der Waals surface area contributed by atoms with Crippen molar-refractivity contribution in [2.24, 2.45) is 10.7 Å². The van der Waals surface area contributed by atoms with Crippen molar-refractivity contribution >= 4 is 11.6 Å². The van der Waals surface area contributed by atoms with Gasteiger partial charge >= 0.3 is 0 Å². The highest BCUT2D eigenvalue weighted by Gasteiger charge is 2.30. The lowest BCUT2D eigenvalue weighted by Crippen LogP contribution is -2.24. The minimum absolute atomic E-state index is 0.0156. The molecular formula is C17H23N5O2. The molecular weight excluding hydrogens is 306 g/mol. The van der Waals surface area contributed by atoms with Crippen LogP contribution in [0.4, 0.5) is 5.69 Å². The molecule has 24 heavy (non-hydrogen) atoms. The lowest BCUT2D eigenvalue weighted by molar-refractivity contribution is 0.0309. The van der Waals surface area contributed by atoms with Gasteiger partial charge in [0.15, 0.2) is 11.8 Å². The third-order valence-electron chi connectivity index (χ3n) is 3.89. The first-order chi connectivity index (χ1) is 11.5. The minimum atomic E-state index is -0.139. The number of nitrogens with one attached hydrogen (secondary N) is 1. The molecule has 1 aliphatic rings. The Bertz CT molecular complexity index is 720. The summed E-state index contributed by atoms with van der Waals surface area (Å²) in [4.78, 5) is 8.60. The summed E-state index contributed by atoms with van der Waals surface area (Å²) in [6, 6.07) is 6.19. The summed E-state index contributed by atoms with van der Waals surface area (Å²) in [5.74, 6) is 1.55. The van der Waals surface area contributed by atoms with Crippen molar-refractivity contribution in [3.63, 3.8) is 0 Å². The lowest BCUT2D eigenvalue weighted by Gasteiger charge is -2.11. The van der Waals surface area contributed by atoms with Gasteiger partial charge in [0.2, 0.25) is 0 Å². The van der Waals surface area contributed by atoms with Crippen LogP contribution in [0.5, 0.6) is 0 Å². The maximum Gasteiger partial charge on any atom is 0.255 e. The molecule has 2 atom stereocenters. The first-order valence-electron chi connectivity index (χ1n) is 8.10. The number of anilines is 1. The Morgan fingerprint density at radius 2 is 2.00 bits per heavy atom. The standard InChI is InChI=1S/C17H23N5O2/c1-10-6-11(2)8-13(7-10)21-17(18)19-9-14-4-5-15(23-14)16-20-12(3)22-24-16/h6-8,14-15H,4-5,9H2,1-3H3,(H3,18,19,21)/t14-,15+/m1/s1. The van der Waals surface area contributed by atoms with Gasteiger partial charge in [-0.1, -0.05) is 11.2 Å². The largest absolute Gasteiger partial charge is 0.370 e. The predicted octanol–water partition coefficient (Wildman–Crippen LogP) is 2.64. The Morgan fingerprint density at radius 3 is 2.67 bits per heavy atom. The van der Waals surface area contributed by atoms with Crippen LogP contribution in [0, 0.1) is 20.8 Å². The molecule has 1 aromatic heterocycles. The van der Waals surface area contributed by atoms with Crippen molar-refractivity contribution in [3.05, 3.63) is 41.0 Å². The number of hydrogen-bond acceptors (Lipinski definition) is 5. The molecule has 0 bridgehead atoms. The second kappa shape index (κ2) is 7.00. The monoisotopic (exact) mass is 329 g/mol. The summed E-state index contributed by atoms with van der Waals surface area (Å²) >= 11 is 0. The van der Waals surface area contributed by atoms with E-state index < -0.39 is 0 Å². The van der Waals surface area contributed by atoms with E-state index in [0.29, 0.717) is 24.2 Å². The molecule has 1 aliphatic heterocycles. The first kappa shape index (κ1) is 16.4. The van der Waals surface area contributed by atoms with Crippen molar-refractivity contribution in [2.75, 3.05) is 11.9 Å². The van der Waals surface area contributed by atoms with E-state index in [1.54, 1.807) is 6.92 Å². The first-order valence-corrected chi connectivity index (χ1v) is 8.10. The highest BCUT2D eigenvalue weighted by Crippen LogP contribution is 2.31. The number of guanidine groups is 1. The average molecular weight is 329 g/mol. The van der Waals surface area contributed by atoms with Crippen molar-refractivity contribution < 1.29 is 9.26 Å². The normalized spacial score (nSPS) is 21.2. The molecule has 0 radical (unpaired) electrons. The molecule has 0 unspecified atom stereocenters. The fraction of sp³-hybridized carbons (Fsp3) is 0.471. The number of nitrogens with two attached hydrogens (primary N) is 1. The van der Waals surface area contributed by atoms with Crippen molar-refractivity contribution in [2.45, 2.75) is 45.8 Å². The van der Waals surface area contributed by atoms with Crippen LogP contribution in [0.2, 0.25) is 0 Å². The van der Waals surface area contributed by atoms with Gasteiger partial charge in [0, 0.05) is 5.69 Å². The third kappa shape index (κ3) is 4.11. The molecule has 1 aromatic carbocycles. The highest BCUT2D eigenvalue weighted by molar-refractivity contribution is 5.92. The maximum absolute atomic E-state index is 5.98. The zero-order valence-corrected chi connectivity index (χ0v) is 14.2. The van der Waals surface area contributed by atoms with E-state index in [1.165, 1.54) is 11.1 Å². The van der Waals surface area contributed by atoms with E-state index in [2.05, 4.69) is 40.4 Å². The van der Waals surface area contributed by atoms with Gasteiger partial charge in [-0.25, -0.2) is 0 Å². The summed E-state index contributed by atoms with van der Waals surface area (Å²) in [6.07, 6.45) is 1.63. The Kier molecular flexibility index (Phi) is 4.80. The van der Waals surface area contributed by atoms with Crippen LogP contribution < -0.4 is 11.1 Å². The average Bonchev–Trinajstić information content (AvgIpc) is 3.12. The van der Waals surface area contributed by atoms with E-state index in [4.69, 9.17) is 15.0 Å². The van der Waals surface area contributed by atoms with Crippen LogP contribution in [-0.4, -0.2) is 28.7 Å². The summed E-state index contributed by atoms with van der Waals surface area (Å²) in [5, 5.41) is 6.92. The molecule has 7 heteroatoms. The Labute approximate surface area is 141 Å². The number of aromatic nitrogens is 2. The molecule has 128 valence electrons. The van der Waals surface area contributed by atoms with Gasteiger partial charge in [-0.05, 0) is 56.9 Å². The second-order valence-electron chi connectivity index (χ2n) is 6.23. The Morgan fingerprint density at radius 1 is 1.25 bits per heavy atom. The van der Waals surface area contributed by atoms with Crippen molar-refractivity contribution in [3.8, 4) is 0 Å². The molecule has 0 saturated carbocycles. The molecule has 2 aromatic rings. The van der Waals surface area contributed by atoms with Crippen LogP contribution in [0.1, 0.15) is 41.8 Å². The van der Waals surface area contributed by atoms with Crippen LogP contribution in [0.25, 0.3) is 0 Å². The summed E-state index contributed by atoms with van der Waals surface area (Å²) in [5.41, 5.74) is 9.29. The smallest absolute Gasteiger partial charge is 0.255 e. The zero-order chi connectivity index (χ0) is 17.1. The number of aliphatic imine (C=N–C) groups is 1. The molecule has 2 heterocycles. The topological polar surface area (TPSA) is 98.6 Å². The van der Waals surface area contributed by atoms with Gasteiger partial charge in [-0.3, -0.25) is 4.99 Å². The molecule has 1 saturated heterocycles. The van der Waals surface area contributed by atoms with E-state index in [-0.39, 0.29) is 12.2 Å². The Balaban J connectivity index is 1.54. The SMILES string of the molecule is Cc1cc(C)cc(NC(N)=NC[C@H]2CC[C@@H](c3nc(C)no3)O2)c1. The molecule has 3 N–H and O–H groups in total. The van der Waals surface area contributed by atoms with Crippen LogP contribution in [-0.2, 0) is 4.74 Å². The van der Waals surface area contributed by atoms with Crippen molar-refractivity contribution in [1.82, 2.24) is 10.1 Å². The van der Waals surface area contributed by atoms with Gasteiger partial charge < -0.3 is 20.3 Å². The van der Waals surface area contributed by atoms with E-state index in [1.807, 2.05) is 12.1 Å². The predicted molar refractivity (Wildman–Crippen MR) is 91.9 cm³/mol. The van der Waals surface area contributed by atoms with Crippen LogP contribution >= 0.6 is 0 Å². The van der Waals surface area contributed by atoms with Crippen molar-refractivity contribution in [1.29, 1.82) is 0 Å². The molecule has 3 rings (SSSR count). The number of ether oxygens (including phenoxy) is 1. The van der Waals surface area contributed by atoms with Crippen LogP contribution in [0.15, 0.2) is 27.7 Å². The van der Waals surface area contributed by atoms with E-state index >= 15 is 0 Å². The maximum atomic E-state index is 5.98. The molecule has 0 aliphatic carbocycles. The summed E-state index contributed by atoms with van der Waals surface area (Å²) in [6.45, 7) is 6.41. The van der Waals surface area contributed by atoms with Gasteiger partial charge in [0.1, 0.15) is 6.10 Å². The molecule has 7 nitrogen and oxygen atoms in total. The van der Waals surface area contributed by atoms with Crippen LogP contribution in [0.3, 0.4) is 0 Å². The Hall–Kier alpha value is -2.41. The summed E-state index contributed by atoms with van der Waals surface area (Å²) < 4.78 is 11.1. The second-order valence-corrected chi connectivity index (χ2v) is 6.23. The van der Waals surface area contributed by atoms with Gasteiger partial charge in [-0.15, -0.1) is 0 Å². The fourth-order valence-corrected chi connectivity index (χ4v) is 2.90. The van der Waals surface area contributed by atoms with Gasteiger partial charge in [0.05, 0.1) is 12.6 Å². The molecule has 0 amide bonds. The third-order valence-corrected chi connectivity index (χ3v) is 3.89. The lowest BCUT2D eigenvalue weighted by atomic mass is 10.1. The number of benzene rings is 1. The fourth-order valence-electron chi connectivity index (χ4n) is 2.90. The van der Waals surface area contributed by atoms with Gasteiger partial charge in [-0.2, -0.15) is 4.98 Å². The zero-order valence-electron chi connectivity index (χ0n) is 14.2. The number of hydrogen-bond donors (Lipinski definition) is 2. The minimum Gasteiger partial charge on any atom is -0.370 e. The number of aryl methyl sites for hydroxylation is 3. The number of nitrogens with zero attached hydrogens (tertiary/aromatic N) is 3. The van der Waals surface area contributed by atoms with E-state index in [9.17, 15) is 0 Å². The molecule has 0 spiro atoms.